The SMILES string of the molecule is CCOC(=O)CCc1csc(Nc2cccc(C#N)c2)n1. The molecule has 1 aromatic heterocycles. The minimum absolute atomic E-state index is 0.207. The zero-order valence-corrected chi connectivity index (χ0v) is 12.4. The fourth-order valence-electron chi connectivity index (χ4n) is 1.73. The molecule has 0 spiro atoms. The van der Waals surface area contributed by atoms with Gasteiger partial charge < -0.3 is 10.1 Å². The lowest BCUT2D eigenvalue weighted by Crippen LogP contribution is -2.05. The Bertz CT molecular complexity index is 661. The molecule has 21 heavy (non-hydrogen) atoms. The molecule has 2 rings (SSSR count). The normalized spacial score (nSPS) is 9.90. The molecule has 0 unspecified atom stereocenters. The summed E-state index contributed by atoms with van der Waals surface area (Å²) in [6.07, 6.45) is 0.899. The molecule has 0 aliphatic heterocycles. The van der Waals surface area contributed by atoms with E-state index in [0.717, 1.165) is 16.5 Å². The van der Waals surface area contributed by atoms with Crippen molar-refractivity contribution < 1.29 is 9.53 Å². The van der Waals surface area contributed by atoms with E-state index in [4.69, 9.17) is 10.00 Å². The summed E-state index contributed by atoms with van der Waals surface area (Å²) in [5, 5.41) is 14.7. The largest absolute Gasteiger partial charge is 0.466 e. The minimum Gasteiger partial charge on any atom is -0.466 e. The van der Waals surface area contributed by atoms with Crippen LogP contribution in [0, 0.1) is 11.3 Å². The average Bonchev–Trinajstić information content (AvgIpc) is 2.93. The Labute approximate surface area is 127 Å². The van der Waals surface area contributed by atoms with Crippen LogP contribution in [0.3, 0.4) is 0 Å². The van der Waals surface area contributed by atoms with Crippen molar-refractivity contribution in [3.8, 4) is 6.07 Å². The number of nitrogens with one attached hydrogen (secondary N) is 1. The second-order valence-electron chi connectivity index (χ2n) is 4.27. The molecular weight excluding hydrogens is 286 g/mol. The molecule has 1 aromatic carbocycles. The molecule has 1 N–H and O–H groups in total. The maximum Gasteiger partial charge on any atom is 0.306 e. The van der Waals surface area contributed by atoms with Gasteiger partial charge in [0, 0.05) is 17.5 Å². The third kappa shape index (κ3) is 4.58. The maximum atomic E-state index is 11.3. The van der Waals surface area contributed by atoms with Crippen molar-refractivity contribution in [3.05, 3.63) is 40.9 Å². The minimum atomic E-state index is -0.207. The van der Waals surface area contributed by atoms with Gasteiger partial charge in [-0.15, -0.1) is 11.3 Å². The van der Waals surface area contributed by atoms with E-state index in [-0.39, 0.29) is 5.97 Å². The number of ether oxygens (including phenoxy) is 1. The highest BCUT2D eigenvalue weighted by atomic mass is 32.1. The van der Waals surface area contributed by atoms with Crippen LogP contribution in [0.4, 0.5) is 10.8 Å². The van der Waals surface area contributed by atoms with Gasteiger partial charge in [-0.25, -0.2) is 4.98 Å². The first-order valence-corrected chi connectivity index (χ1v) is 7.46. The van der Waals surface area contributed by atoms with Gasteiger partial charge in [-0.05, 0) is 25.1 Å². The molecule has 0 saturated heterocycles. The van der Waals surface area contributed by atoms with E-state index in [1.54, 1.807) is 19.1 Å². The van der Waals surface area contributed by atoms with E-state index < -0.39 is 0 Å². The number of nitrogens with zero attached hydrogens (tertiary/aromatic N) is 2. The monoisotopic (exact) mass is 301 g/mol. The Morgan fingerprint density at radius 3 is 3.14 bits per heavy atom. The van der Waals surface area contributed by atoms with Crippen molar-refractivity contribution in [2.45, 2.75) is 19.8 Å². The number of thiazole rings is 1. The Kier molecular flexibility index (Phi) is 5.29. The van der Waals surface area contributed by atoms with E-state index >= 15 is 0 Å². The van der Waals surface area contributed by atoms with Crippen LogP contribution in [0.5, 0.6) is 0 Å². The van der Waals surface area contributed by atoms with E-state index in [9.17, 15) is 4.79 Å². The van der Waals surface area contributed by atoms with Gasteiger partial charge in [-0.1, -0.05) is 6.07 Å². The molecule has 108 valence electrons. The highest BCUT2D eigenvalue weighted by molar-refractivity contribution is 7.13. The summed E-state index contributed by atoms with van der Waals surface area (Å²) >= 11 is 1.47. The molecular formula is C15H15N3O2S. The van der Waals surface area contributed by atoms with Crippen LogP contribution in [0.15, 0.2) is 29.6 Å². The van der Waals surface area contributed by atoms with Gasteiger partial charge in [0.2, 0.25) is 0 Å². The number of aryl methyl sites for hydroxylation is 1. The lowest BCUT2D eigenvalue weighted by atomic mass is 10.2. The van der Waals surface area contributed by atoms with Crippen molar-refractivity contribution in [1.29, 1.82) is 5.26 Å². The number of benzene rings is 1. The quantitative estimate of drug-likeness (QED) is 0.829. The van der Waals surface area contributed by atoms with Crippen LogP contribution >= 0.6 is 11.3 Å². The molecule has 2 aromatic rings. The summed E-state index contributed by atoms with van der Waals surface area (Å²) in [5.74, 6) is -0.207. The van der Waals surface area contributed by atoms with Gasteiger partial charge in [0.25, 0.3) is 0 Å². The summed E-state index contributed by atoms with van der Waals surface area (Å²) in [6, 6.07) is 9.30. The predicted octanol–water partition coefficient (Wildman–Crippen LogP) is 3.25. The molecule has 0 fully saturated rings. The van der Waals surface area contributed by atoms with Crippen LogP contribution in [-0.2, 0) is 16.0 Å². The van der Waals surface area contributed by atoms with Crippen LogP contribution in [0.1, 0.15) is 24.6 Å². The van der Waals surface area contributed by atoms with E-state index in [1.807, 2.05) is 17.5 Å². The molecule has 0 atom stereocenters. The Balaban J connectivity index is 1.93. The predicted molar refractivity (Wildman–Crippen MR) is 81.5 cm³/mol. The molecule has 0 radical (unpaired) electrons. The first-order chi connectivity index (χ1) is 10.2. The van der Waals surface area contributed by atoms with Gasteiger partial charge in [-0.2, -0.15) is 5.26 Å². The molecule has 0 amide bonds. The molecule has 6 heteroatoms. The highest BCUT2D eigenvalue weighted by Crippen LogP contribution is 2.22. The number of anilines is 2. The van der Waals surface area contributed by atoms with E-state index in [1.165, 1.54) is 11.3 Å². The van der Waals surface area contributed by atoms with Gasteiger partial charge in [0.15, 0.2) is 5.13 Å². The van der Waals surface area contributed by atoms with Gasteiger partial charge in [-0.3, -0.25) is 4.79 Å². The number of aromatic nitrogens is 1. The van der Waals surface area contributed by atoms with Gasteiger partial charge in [0.05, 0.1) is 30.4 Å². The van der Waals surface area contributed by atoms with Crippen molar-refractivity contribution >= 4 is 28.1 Å². The van der Waals surface area contributed by atoms with Crippen molar-refractivity contribution in [1.82, 2.24) is 4.98 Å². The fraction of sp³-hybridized carbons (Fsp3) is 0.267. The highest BCUT2D eigenvalue weighted by Gasteiger charge is 2.07. The van der Waals surface area contributed by atoms with Crippen molar-refractivity contribution in [3.63, 3.8) is 0 Å². The third-order valence-electron chi connectivity index (χ3n) is 2.69. The first kappa shape index (κ1) is 15.0. The Morgan fingerprint density at radius 2 is 2.38 bits per heavy atom. The van der Waals surface area contributed by atoms with Gasteiger partial charge in [0.1, 0.15) is 0 Å². The Hall–Kier alpha value is -2.39. The van der Waals surface area contributed by atoms with E-state index in [0.29, 0.717) is 25.0 Å². The maximum absolute atomic E-state index is 11.3. The molecule has 5 nitrogen and oxygen atoms in total. The molecule has 0 aliphatic rings. The van der Waals surface area contributed by atoms with Crippen molar-refractivity contribution in [2.75, 3.05) is 11.9 Å². The van der Waals surface area contributed by atoms with Crippen LogP contribution in [-0.4, -0.2) is 17.6 Å². The van der Waals surface area contributed by atoms with Crippen LogP contribution < -0.4 is 5.32 Å². The van der Waals surface area contributed by atoms with Crippen LogP contribution in [0.2, 0.25) is 0 Å². The topological polar surface area (TPSA) is 75.0 Å². The number of nitriles is 1. The third-order valence-corrected chi connectivity index (χ3v) is 3.49. The zero-order chi connectivity index (χ0) is 15.1. The average molecular weight is 301 g/mol. The summed E-state index contributed by atoms with van der Waals surface area (Å²) in [7, 11) is 0. The van der Waals surface area contributed by atoms with Crippen molar-refractivity contribution in [2.24, 2.45) is 0 Å². The summed E-state index contributed by atoms with van der Waals surface area (Å²) in [4.78, 5) is 15.7. The molecule has 0 saturated carbocycles. The summed E-state index contributed by atoms with van der Waals surface area (Å²) in [6.45, 7) is 2.19. The van der Waals surface area contributed by atoms with E-state index in [2.05, 4.69) is 16.4 Å². The second-order valence-corrected chi connectivity index (χ2v) is 5.12. The molecule has 0 bridgehead atoms. The molecule has 1 heterocycles. The number of carbonyl (C=O) groups excluding carboxylic acids is 1. The number of rotatable bonds is 6. The zero-order valence-electron chi connectivity index (χ0n) is 11.6. The molecule has 0 aliphatic carbocycles. The van der Waals surface area contributed by atoms with Crippen LogP contribution in [0.25, 0.3) is 0 Å². The number of hydrogen-bond donors (Lipinski definition) is 1. The Morgan fingerprint density at radius 1 is 1.52 bits per heavy atom. The summed E-state index contributed by atoms with van der Waals surface area (Å²) in [5.41, 5.74) is 2.27. The smallest absolute Gasteiger partial charge is 0.306 e. The standard InChI is InChI=1S/C15H15N3O2S/c1-2-20-14(19)7-6-13-10-21-15(18-13)17-12-5-3-4-11(8-12)9-16/h3-5,8,10H,2,6-7H2,1H3,(H,17,18). The fourth-order valence-corrected chi connectivity index (χ4v) is 2.50. The first-order valence-electron chi connectivity index (χ1n) is 6.58. The lowest BCUT2D eigenvalue weighted by Gasteiger charge is -2.02. The summed E-state index contributed by atoms with van der Waals surface area (Å²) < 4.78 is 4.88. The van der Waals surface area contributed by atoms with Gasteiger partial charge >= 0.3 is 5.97 Å². The second kappa shape index (κ2) is 7.41. The lowest BCUT2D eigenvalue weighted by molar-refractivity contribution is -0.143. The number of hydrogen-bond acceptors (Lipinski definition) is 6. The number of carbonyl (C=O) groups is 1. The number of esters is 1.